The maximum absolute atomic E-state index is 14.0. The maximum Gasteiger partial charge on any atom is 0.248 e. The molecule has 15 heteroatoms. The van der Waals surface area contributed by atoms with Gasteiger partial charge in [-0.2, -0.15) is 4.39 Å². The van der Waals surface area contributed by atoms with Crippen LogP contribution in [0.4, 0.5) is 13.2 Å². The van der Waals surface area contributed by atoms with Crippen molar-refractivity contribution in [3.05, 3.63) is 30.0 Å². The van der Waals surface area contributed by atoms with Gasteiger partial charge in [-0.15, -0.1) is 16.9 Å². The van der Waals surface area contributed by atoms with E-state index in [4.69, 9.17) is 4.74 Å². The smallest absolute Gasteiger partial charge is 0.248 e. The summed E-state index contributed by atoms with van der Waals surface area (Å²) in [5, 5.41) is 50.8. The number of amides is 1. The van der Waals surface area contributed by atoms with E-state index in [0.717, 1.165) is 24.6 Å². The van der Waals surface area contributed by atoms with Gasteiger partial charge in [0.2, 0.25) is 17.8 Å². The summed E-state index contributed by atoms with van der Waals surface area (Å²) >= 11 is 0.793. The largest absolute Gasteiger partial charge is 0.394 e. The molecule has 0 spiro atoms. The van der Waals surface area contributed by atoms with Crippen molar-refractivity contribution in [1.82, 2.24) is 24.9 Å². The Labute approximate surface area is 238 Å². The first-order chi connectivity index (χ1) is 19.3. The van der Waals surface area contributed by atoms with Crippen molar-refractivity contribution in [1.29, 1.82) is 0 Å². The number of thioether (sulfide) groups is 1. The molecule has 41 heavy (non-hydrogen) atoms. The number of aryl methyl sites for hydroxylation is 1. The molecule has 0 bridgehead atoms. The third-order valence-electron chi connectivity index (χ3n) is 8.25. The number of aliphatic hydroxyl groups excluding tert-OH is 3. The second-order valence-corrected chi connectivity index (χ2v) is 12.5. The van der Waals surface area contributed by atoms with Crippen molar-refractivity contribution in [2.24, 2.45) is 0 Å². The van der Waals surface area contributed by atoms with Gasteiger partial charge < -0.3 is 30.1 Å². The molecule has 11 nitrogen and oxygen atoms in total. The van der Waals surface area contributed by atoms with E-state index in [1.165, 1.54) is 35.0 Å². The van der Waals surface area contributed by atoms with Gasteiger partial charge in [-0.3, -0.25) is 4.79 Å². The van der Waals surface area contributed by atoms with E-state index >= 15 is 0 Å². The number of pyridine rings is 1. The highest BCUT2D eigenvalue weighted by atomic mass is 32.2. The Bertz CT molecular complexity index is 1260. The van der Waals surface area contributed by atoms with E-state index in [-0.39, 0.29) is 30.1 Å². The molecule has 3 fully saturated rings. The zero-order valence-corrected chi connectivity index (χ0v) is 23.4. The molecule has 0 unspecified atom stereocenters. The summed E-state index contributed by atoms with van der Waals surface area (Å²) in [6.07, 6.45) is -1.72. The lowest BCUT2D eigenvalue weighted by Gasteiger charge is -2.46. The first-order valence-corrected chi connectivity index (χ1v) is 14.5. The van der Waals surface area contributed by atoms with Crippen molar-refractivity contribution in [3.8, 4) is 11.3 Å². The Morgan fingerprint density at radius 1 is 1.24 bits per heavy atom. The Morgan fingerprint density at radius 3 is 2.54 bits per heavy atom. The summed E-state index contributed by atoms with van der Waals surface area (Å²) in [6, 6.07) is 0.301. The van der Waals surface area contributed by atoms with Crippen molar-refractivity contribution < 1.29 is 43.1 Å². The molecule has 1 saturated heterocycles. The van der Waals surface area contributed by atoms with Crippen LogP contribution in [0.1, 0.15) is 50.1 Å². The quantitative estimate of drug-likeness (QED) is 0.327. The van der Waals surface area contributed by atoms with E-state index in [1.54, 1.807) is 7.05 Å². The summed E-state index contributed by atoms with van der Waals surface area (Å²) in [5.41, 5.74) is -2.03. The maximum atomic E-state index is 14.0. The fourth-order valence-electron chi connectivity index (χ4n) is 5.43. The van der Waals surface area contributed by atoms with Gasteiger partial charge in [0.25, 0.3) is 0 Å². The number of alkyl halides is 2. The van der Waals surface area contributed by atoms with E-state index in [2.05, 4.69) is 15.3 Å². The minimum Gasteiger partial charge on any atom is -0.394 e. The van der Waals surface area contributed by atoms with Crippen molar-refractivity contribution in [2.75, 3.05) is 13.7 Å². The molecular formula is C26H34F3N5O6S. The molecule has 6 atom stereocenters. The molecule has 3 aliphatic rings. The molecule has 1 amide bonds. The number of ether oxygens (including phenoxy) is 1. The van der Waals surface area contributed by atoms with Crippen LogP contribution in [-0.2, 0) is 9.53 Å². The molecule has 4 N–H and O–H groups in total. The predicted octanol–water partition coefficient (Wildman–Crippen LogP) is 1.43. The molecule has 2 aromatic rings. The van der Waals surface area contributed by atoms with Crippen LogP contribution in [0.15, 0.2) is 18.5 Å². The number of halogens is 3. The summed E-state index contributed by atoms with van der Waals surface area (Å²) in [7, 11) is 1.60. The predicted molar refractivity (Wildman–Crippen MR) is 140 cm³/mol. The SMILES string of the molecule is Cc1cc(-c2cn([C@H]3[C@@H](O)[C@@H](CO)O[C@@H](S[C@@H](C(=O)N(C)C4CC4)C4(O)CCC(F)(F)CC4)[C@@H]3O)nn2)cnc1F. The molecule has 2 saturated carbocycles. The first kappa shape index (κ1) is 30.2. The van der Waals surface area contributed by atoms with Crippen LogP contribution in [0.3, 0.4) is 0 Å². The summed E-state index contributed by atoms with van der Waals surface area (Å²) in [6.45, 7) is 0.900. The highest BCUT2D eigenvalue weighted by molar-refractivity contribution is 8.01. The first-order valence-electron chi connectivity index (χ1n) is 13.5. The Hall–Kier alpha value is -2.30. The zero-order valence-electron chi connectivity index (χ0n) is 22.6. The number of rotatable bonds is 8. The van der Waals surface area contributed by atoms with E-state index in [1.807, 2.05) is 0 Å². The van der Waals surface area contributed by atoms with Gasteiger partial charge in [-0.1, -0.05) is 5.21 Å². The zero-order chi connectivity index (χ0) is 29.7. The second-order valence-electron chi connectivity index (χ2n) is 11.3. The van der Waals surface area contributed by atoms with Gasteiger partial charge in [0.15, 0.2) is 0 Å². The topological polar surface area (TPSA) is 154 Å². The van der Waals surface area contributed by atoms with E-state index in [0.29, 0.717) is 5.56 Å². The summed E-state index contributed by atoms with van der Waals surface area (Å²) < 4.78 is 48.7. The number of aliphatic hydroxyl groups is 4. The Kier molecular flexibility index (Phi) is 8.40. The molecule has 0 radical (unpaired) electrons. The lowest BCUT2D eigenvalue weighted by molar-refractivity contribution is -0.179. The molecule has 1 aliphatic heterocycles. The fraction of sp³-hybridized carbons (Fsp3) is 0.692. The normalized spacial score (nSPS) is 30.1. The number of carbonyl (C=O) groups is 1. The molecular weight excluding hydrogens is 567 g/mol. The van der Waals surface area contributed by atoms with Crippen LogP contribution < -0.4 is 0 Å². The number of hydrogen-bond donors (Lipinski definition) is 4. The third kappa shape index (κ3) is 6.11. The summed E-state index contributed by atoms with van der Waals surface area (Å²) in [5.74, 6) is -4.05. The Balaban J connectivity index is 1.43. The van der Waals surface area contributed by atoms with Gasteiger partial charge in [0.1, 0.15) is 40.7 Å². The van der Waals surface area contributed by atoms with Gasteiger partial charge in [-0.05, 0) is 38.7 Å². The minimum absolute atomic E-state index is 0.0191. The summed E-state index contributed by atoms with van der Waals surface area (Å²) in [4.78, 5) is 18.8. The standard InChI is InChI=1S/C26H34F3N5O6S/c1-13-9-14(10-30-22(13)27)16-11-34(32-31-16)18-19(36)17(12-35)40-24(20(18)37)41-21(23(38)33(2)15-3-4-15)25(39)5-7-26(28,29)8-6-25/h9-11,15,17-21,24,35-37,39H,3-8,12H2,1-2H3/t17-,18+,19+,20-,21+,24+/m1/s1. The molecule has 226 valence electrons. The number of hydrogen-bond acceptors (Lipinski definition) is 10. The number of carbonyl (C=O) groups excluding carboxylic acids is 1. The van der Waals surface area contributed by atoms with Crippen LogP contribution in [0.5, 0.6) is 0 Å². The third-order valence-corrected chi connectivity index (χ3v) is 9.82. The van der Waals surface area contributed by atoms with Gasteiger partial charge in [0.05, 0.1) is 18.4 Å². The van der Waals surface area contributed by atoms with Gasteiger partial charge >= 0.3 is 0 Å². The van der Waals surface area contributed by atoms with Crippen molar-refractivity contribution in [2.45, 2.75) is 98.1 Å². The van der Waals surface area contributed by atoms with Crippen LogP contribution in [0.25, 0.3) is 11.3 Å². The number of aromatic nitrogens is 4. The van der Waals surface area contributed by atoms with E-state index in [9.17, 15) is 38.4 Å². The van der Waals surface area contributed by atoms with Crippen molar-refractivity contribution >= 4 is 17.7 Å². The molecule has 3 heterocycles. The molecule has 2 aromatic heterocycles. The molecule has 5 rings (SSSR count). The van der Waals surface area contributed by atoms with Crippen LogP contribution in [0.2, 0.25) is 0 Å². The van der Waals surface area contributed by atoms with Crippen LogP contribution in [0, 0.1) is 12.9 Å². The van der Waals surface area contributed by atoms with Gasteiger partial charge in [-0.25, -0.2) is 18.4 Å². The van der Waals surface area contributed by atoms with Crippen LogP contribution >= 0.6 is 11.8 Å². The lowest BCUT2D eigenvalue weighted by Crippen LogP contribution is -2.58. The molecule has 2 aliphatic carbocycles. The van der Waals surface area contributed by atoms with Crippen molar-refractivity contribution in [3.63, 3.8) is 0 Å². The van der Waals surface area contributed by atoms with Crippen LogP contribution in [-0.4, -0.2) is 111 Å². The van der Waals surface area contributed by atoms with Gasteiger partial charge in [0, 0.05) is 43.3 Å². The number of nitrogens with zero attached hydrogens (tertiary/aromatic N) is 5. The highest BCUT2D eigenvalue weighted by Crippen LogP contribution is 2.47. The average Bonchev–Trinajstić information content (AvgIpc) is 3.68. The molecule has 0 aromatic carbocycles. The average molecular weight is 602 g/mol. The second kappa shape index (κ2) is 11.4. The Morgan fingerprint density at radius 2 is 1.93 bits per heavy atom. The minimum atomic E-state index is -2.95. The lowest BCUT2D eigenvalue weighted by atomic mass is 9.80. The van der Waals surface area contributed by atoms with E-state index < -0.39 is 77.9 Å². The highest BCUT2D eigenvalue weighted by Gasteiger charge is 2.54. The monoisotopic (exact) mass is 601 g/mol. The fourth-order valence-corrected chi connectivity index (χ4v) is 7.00.